The second kappa shape index (κ2) is 9.53. The molecule has 0 spiro atoms. The zero-order chi connectivity index (χ0) is 13.1. The van der Waals surface area contributed by atoms with E-state index in [1.165, 1.54) is 7.11 Å². The Bertz CT molecular complexity index is 314. The smallest absolute Gasteiger partial charge is 0.414 e. The van der Waals surface area contributed by atoms with Gasteiger partial charge in [-0.05, 0) is 12.5 Å². The number of nitrogens with zero attached hydrogens (tertiary/aromatic N) is 2. The van der Waals surface area contributed by atoms with Crippen molar-refractivity contribution in [1.29, 1.82) is 0 Å². The molecule has 1 amide bonds. The Balaban J connectivity index is 0.00000121. The van der Waals surface area contributed by atoms with Crippen LogP contribution in [0.25, 0.3) is 0 Å². The molecule has 0 aromatic carbocycles. The Kier molecular flexibility index (Phi) is 8.58. The van der Waals surface area contributed by atoms with Gasteiger partial charge in [-0.15, -0.1) is 0 Å². The van der Waals surface area contributed by atoms with E-state index in [0.29, 0.717) is 6.61 Å². The lowest BCUT2D eigenvalue weighted by Gasteiger charge is -2.04. The highest BCUT2D eigenvalue weighted by molar-refractivity contribution is 5.82. The minimum absolute atomic E-state index is 0.203. The second-order valence-corrected chi connectivity index (χ2v) is 2.84. The summed E-state index contributed by atoms with van der Waals surface area (Å²) in [5, 5.41) is 2.39. The molecule has 17 heavy (non-hydrogen) atoms. The average Bonchev–Trinajstić information content (AvgIpc) is 2.35. The first-order chi connectivity index (χ1) is 8.22. The van der Waals surface area contributed by atoms with E-state index in [9.17, 15) is 4.79 Å². The fraction of sp³-hybridized carbons (Fsp3) is 0.545. The van der Waals surface area contributed by atoms with Crippen molar-refractivity contribution < 1.29 is 14.3 Å². The number of carbonyl (C=O) groups is 1. The van der Waals surface area contributed by atoms with Gasteiger partial charge in [0.1, 0.15) is 6.61 Å². The van der Waals surface area contributed by atoms with Crippen LogP contribution >= 0.6 is 0 Å². The Morgan fingerprint density at radius 2 is 1.88 bits per heavy atom. The Labute approximate surface area is 101 Å². The van der Waals surface area contributed by atoms with Crippen molar-refractivity contribution >= 4 is 12.0 Å². The molecular weight excluding hydrogens is 222 g/mol. The van der Waals surface area contributed by atoms with Crippen molar-refractivity contribution in [1.82, 2.24) is 9.97 Å². The number of nitrogens with one attached hydrogen (secondary N) is 1. The molecule has 1 aromatic heterocycles. The average molecular weight is 241 g/mol. The summed E-state index contributed by atoms with van der Waals surface area (Å²) in [6.45, 7) is 6.43. The van der Waals surface area contributed by atoms with Crippen LogP contribution < -0.4 is 5.32 Å². The van der Waals surface area contributed by atoms with Crippen LogP contribution in [0.5, 0.6) is 0 Å². The summed E-state index contributed by atoms with van der Waals surface area (Å²) in [6, 6.07) is 0. The third-order valence-electron chi connectivity index (χ3n) is 1.52. The first-order valence-corrected chi connectivity index (χ1v) is 5.43. The zero-order valence-corrected chi connectivity index (χ0v) is 10.7. The van der Waals surface area contributed by atoms with Gasteiger partial charge in [-0.2, -0.15) is 0 Å². The first-order valence-electron chi connectivity index (χ1n) is 5.43. The van der Waals surface area contributed by atoms with Crippen molar-refractivity contribution in [3.8, 4) is 0 Å². The van der Waals surface area contributed by atoms with Gasteiger partial charge in [-0.3, -0.25) is 5.32 Å². The van der Waals surface area contributed by atoms with Gasteiger partial charge in [0.25, 0.3) is 0 Å². The third kappa shape index (κ3) is 7.24. The quantitative estimate of drug-likeness (QED) is 0.816. The predicted molar refractivity (Wildman–Crippen MR) is 65.0 cm³/mol. The number of anilines is 1. The van der Waals surface area contributed by atoms with Gasteiger partial charge in [0, 0.05) is 19.5 Å². The molecule has 0 aliphatic rings. The Hall–Kier alpha value is -1.69. The van der Waals surface area contributed by atoms with Crippen LogP contribution in [0, 0.1) is 6.92 Å². The second-order valence-electron chi connectivity index (χ2n) is 2.84. The number of rotatable bonds is 4. The third-order valence-corrected chi connectivity index (χ3v) is 1.52. The Morgan fingerprint density at radius 1 is 1.29 bits per heavy atom. The molecule has 0 saturated heterocycles. The van der Waals surface area contributed by atoms with E-state index in [1.807, 2.05) is 20.8 Å². The fourth-order valence-corrected chi connectivity index (χ4v) is 0.802. The van der Waals surface area contributed by atoms with E-state index in [4.69, 9.17) is 9.47 Å². The summed E-state index contributed by atoms with van der Waals surface area (Å²) in [5.41, 5.74) is 0.924. The van der Waals surface area contributed by atoms with Crippen molar-refractivity contribution in [2.75, 3.05) is 25.6 Å². The molecule has 0 atom stereocenters. The van der Waals surface area contributed by atoms with Gasteiger partial charge in [0.05, 0.1) is 6.61 Å². The number of methoxy groups -OCH3 is 1. The van der Waals surface area contributed by atoms with Crippen LogP contribution in [-0.2, 0) is 9.47 Å². The van der Waals surface area contributed by atoms with E-state index in [2.05, 4.69) is 15.3 Å². The van der Waals surface area contributed by atoms with Gasteiger partial charge >= 0.3 is 6.09 Å². The number of hydrogen-bond acceptors (Lipinski definition) is 5. The van der Waals surface area contributed by atoms with Gasteiger partial charge in [-0.1, -0.05) is 13.8 Å². The molecule has 96 valence electrons. The van der Waals surface area contributed by atoms with E-state index in [1.54, 1.807) is 12.4 Å². The summed E-state index contributed by atoms with van der Waals surface area (Å²) in [6.07, 6.45) is 2.63. The number of hydrogen-bond donors (Lipinski definition) is 1. The maximum absolute atomic E-state index is 11.1. The van der Waals surface area contributed by atoms with Crippen molar-refractivity contribution in [3.63, 3.8) is 0 Å². The van der Waals surface area contributed by atoms with Crippen LogP contribution in [-0.4, -0.2) is 36.4 Å². The number of carbonyl (C=O) groups excluding carboxylic acids is 1. The number of ether oxygens (including phenoxy) is 2. The van der Waals surface area contributed by atoms with Crippen LogP contribution in [0.15, 0.2) is 12.4 Å². The van der Waals surface area contributed by atoms with Crippen LogP contribution in [0.2, 0.25) is 0 Å². The number of amides is 1. The van der Waals surface area contributed by atoms with Gasteiger partial charge in [0.2, 0.25) is 5.95 Å². The van der Waals surface area contributed by atoms with E-state index in [0.717, 1.165) is 5.56 Å². The standard InChI is InChI=1S/C9H13N3O3.C2H6/c1-7-5-10-8(11-6-7)12-9(13)15-4-3-14-2;1-2/h5-6H,3-4H2,1-2H3,(H,10,11,12,13);1-2H3. The summed E-state index contributed by atoms with van der Waals surface area (Å²) >= 11 is 0. The molecule has 0 bridgehead atoms. The lowest BCUT2D eigenvalue weighted by molar-refractivity contribution is 0.107. The zero-order valence-electron chi connectivity index (χ0n) is 10.7. The molecule has 1 N–H and O–H groups in total. The molecular formula is C11H19N3O3. The van der Waals surface area contributed by atoms with E-state index >= 15 is 0 Å². The lowest BCUT2D eigenvalue weighted by Crippen LogP contribution is -2.17. The molecule has 0 unspecified atom stereocenters. The van der Waals surface area contributed by atoms with Gasteiger partial charge in [-0.25, -0.2) is 14.8 Å². The fourth-order valence-electron chi connectivity index (χ4n) is 0.802. The molecule has 6 heteroatoms. The molecule has 0 fully saturated rings. The summed E-state index contributed by atoms with van der Waals surface area (Å²) in [5.74, 6) is 0.225. The van der Waals surface area contributed by atoms with E-state index < -0.39 is 6.09 Å². The molecule has 0 saturated carbocycles. The summed E-state index contributed by atoms with van der Waals surface area (Å²) in [4.78, 5) is 18.9. The van der Waals surface area contributed by atoms with Gasteiger partial charge in [0.15, 0.2) is 0 Å². The van der Waals surface area contributed by atoms with Crippen molar-refractivity contribution in [3.05, 3.63) is 18.0 Å². The normalized spacial score (nSPS) is 8.94. The Morgan fingerprint density at radius 3 is 2.41 bits per heavy atom. The SMILES string of the molecule is CC.COCCOC(=O)Nc1ncc(C)cn1. The maximum Gasteiger partial charge on any atom is 0.414 e. The molecule has 0 aliphatic carbocycles. The maximum atomic E-state index is 11.1. The summed E-state index contributed by atoms with van der Waals surface area (Å²) in [7, 11) is 1.53. The lowest BCUT2D eigenvalue weighted by atomic mass is 10.4. The molecule has 6 nitrogen and oxygen atoms in total. The molecule has 0 aliphatic heterocycles. The van der Waals surface area contributed by atoms with Crippen molar-refractivity contribution in [2.24, 2.45) is 0 Å². The summed E-state index contributed by atoms with van der Waals surface area (Å²) < 4.78 is 9.48. The molecule has 1 heterocycles. The highest BCUT2D eigenvalue weighted by Gasteiger charge is 2.03. The first kappa shape index (κ1) is 15.3. The van der Waals surface area contributed by atoms with Gasteiger partial charge < -0.3 is 9.47 Å². The molecule has 1 rings (SSSR count). The van der Waals surface area contributed by atoms with Crippen LogP contribution in [0.1, 0.15) is 19.4 Å². The van der Waals surface area contributed by atoms with Crippen LogP contribution in [0.4, 0.5) is 10.7 Å². The number of aryl methyl sites for hydroxylation is 1. The molecule has 0 radical (unpaired) electrons. The predicted octanol–water partition coefficient (Wildman–Crippen LogP) is 2.01. The monoisotopic (exact) mass is 241 g/mol. The highest BCUT2D eigenvalue weighted by Crippen LogP contribution is 1.98. The van der Waals surface area contributed by atoms with E-state index in [-0.39, 0.29) is 12.6 Å². The topological polar surface area (TPSA) is 73.3 Å². The highest BCUT2D eigenvalue weighted by atomic mass is 16.6. The minimum Gasteiger partial charge on any atom is -0.447 e. The minimum atomic E-state index is -0.587. The van der Waals surface area contributed by atoms with Crippen LogP contribution in [0.3, 0.4) is 0 Å². The molecule has 1 aromatic rings. The number of aromatic nitrogens is 2. The largest absolute Gasteiger partial charge is 0.447 e. The van der Waals surface area contributed by atoms with Crippen molar-refractivity contribution in [2.45, 2.75) is 20.8 Å².